The second-order valence-corrected chi connectivity index (χ2v) is 7.83. The molecule has 170 valence electrons. The Balaban J connectivity index is 1.97. The minimum Gasteiger partial charge on any atom is -0.496 e. The summed E-state index contributed by atoms with van der Waals surface area (Å²) in [5.41, 5.74) is 5.78. The molecular formula is C28H31N3O2. The fraction of sp³-hybridized carbons (Fsp3) is 0.214. The predicted molar refractivity (Wildman–Crippen MR) is 138 cm³/mol. The van der Waals surface area contributed by atoms with Crippen LogP contribution in [0.1, 0.15) is 30.5 Å². The van der Waals surface area contributed by atoms with Crippen LogP contribution >= 0.6 is 0 Å². The maximum absolute atomic E-state index is 5.92. The normalized spacial score (nSPS) is 11.7. The van der Waals surface area contributed by atoms with Crippen LogP contribution in [0.3, 0.4) is 0 Å². The van der Waals surface area contributed by atoms with Gasteiger partial charge in [-0.05, 0) is 80.4 Å². The molecule has 33 heavy (non-hydrogen) atoms. The maximum atomic E-state index is 5.92. The highest BCUT2D eigenvalue weighted by Gasteiger charge is 2.12. The van der Waals surface area contributed by atoms with Crippen LogP contribution in [0.4, 0.5) is 0 Å². The van der Waals surface area contributed by atoms with Crippen molar-refractivity contribution in [3.8, 4) is 17.2 Å². The molecule has 3 aromatic rings. The third kappa shape index (κ3) is 6.32. The first kappa shape index (κ1) is 23.8. The van der Waals surface area contributed by atoms with E-state index in [1.165, 1.54) is 0 Å². The Morgan fingerprint density at radius 3 is 2.12 bits per heavy atom. The van der Waals surface area contributed by atoms with Crippen molar-refractivity contribution < 1.29 is 9.47 Å². The van der Waals surface area contributed by atoms with Gasteiger partial charge in [0.05, 0.1) is 18.5 Å². The number of benzene rings is 3. The van der Waals surface area contributed by atoms with Crippen LogP contribution in [0.15, 0.2) is 89.0 Å². The van der Waals surface area contributed by atoms with E-state index in [2.05, 4.69) is 22.2 Å². The third-order valence-corrected chi connectivity index (χ3v) is 5.05. The topological polar surface area (TPSA) is 46.4 Å². The van der Waals surface area contributed by atoms with Crippen molar-refractivity contribution in [3.05, 3.63) is 95.6 Å². The molecule has 0 aliphatic rings. The fourth-order valence-corrected chi connectivity index (χ4v) is 3.42. The monoisotopic (exact) mass is 441 g/mol. The number of methoxy groups -OCH3 is 1. The smallest absolute Gasteiger partial charge is 0.127 e. The van der Waals surface area contributed by atoms with Crippen molar-refractivity contribution >= 4 is 17.1 Å². The fourth-order valence-electron chi connectivity index (χ4n) is 3.42. The summed E-state index contributed by atoms with van der Waals surface area (Å²) in [6.45, 7) is 5.98. The van der Waals surface area contributed by atoms with Crippen LogP contribution in [0, 0.1) is 6.92 Å². The lowest BCUT2D eigenvalue weighted by molar-refractivity contribution is 0.411. The van der Waals surface area contributed by atoms with Crippen molar-refractivity contribution in [2.75, 3.05) is 21.2 Å². The number of nitrogens with zero attached hydrogens (tertiary/aromatic N) is 3. The van der Waals surface area contributed by atoms with Gasteiger partial charge in [0, 0.05) is 25.4 Å². The molecule has 3 aromatic carbocycles. The number of ether oxygens (including phenoxy) is 2. The van der Waals surface area contributed by atoms with Gasteiger partial charge in [0.2, 0.25) is 0 Å². The van der Waals surface area contributed by atoms with E-state index in [-0.39, 0.29) is 0 Å². The van der Waals surface area contributed by atoms with E-state index in [9.17, 15) is 0 Å². The maximum Gasteiger partial charge on any atom is 0.127 e. The highest BCUT2D eigenvalue weighted by Crippen LogP contribution is 2.27. The van der Waals surface area contributed by atoms with Crippen molar-refractivity contribution in [3.63, 3.8) is 0 Å². The first-order valence-electron chi connectivity index (χ1n) is 10.8. The van der Waals surface area contributed by atoms with E-state index in [1.807, 2.05) is 99.6 Å². The lowest BCUT2D eigenvalue weighted by Gasteiger charge is -2.20. The number of allylic oxidation sites excluding steroid dienone is 1. The van der Waals surface area contributed by atoms with Gasteiger partial charge in [-0.25, -0.2) is 0 Å². The molecule has 0 aromatic heterocycles. The molecule has 3 rings (SSSR count). The van der Waals surface area contributed by atoms with Crippen LogP contribution in [0.2, 0.25) is 0 Å². The second kappa shape index (κ2) is 11.1. The molecule has 0 fully saturated rings. The molecule has 0 aliphatic heterocycles. The lowest BCUT2D eigenvalue weighted by atomic mass is 10.0. The second-order valence-electron chi connectivity index (χ2n) is 7.83. The van der Waals surface area contributed by atoms with E-state index < -0.39 is 0 Å². The minimum absolute atomic E-state index is 0.774. The van der Waals surface area contributed by atoms with E-state index >= 15 is 0 Å². The third-order valence-electron chi connectivity index (χ3n) is 5.05. The number of hydrogen-bond acceptors (Lipinski definition) is 5. The summed E-state index contributed by atoms with van der Waals surface area (Å²) in [4.78, 5) is 4.55. The Labute approximate surface area is 196 Å². The van der Waals surface area contributed by atoms with Crippen LogP contribution < -0.4 is 9.47 Å². The average molecular weight is 442 g/mol. The summed E-state index contributed by atoms with van der Waals surface area (Å²) >= 11 is 0. The summed E-state index contributed by atoms with van der Waals surface area (Å²) in [6.07, 6.45) is 2.05. The van der Waals surface area contributed by atoms with E-state index in [0.29, 0.717) is 0 Å². The first-order chi connectivity index (χ1) is 15.9. The molecule has 0 atom stereocenters. The van der Waals surface area contributed by atoms with Gasteiger partial charge in [0.25, 0.3) is 0 Å². The van der Waals surface area contributed by atoms with Crippen LogP contribution in [-0.4, -0.2) is 37.6 Å². The summed E-state index contributed by atoms with van der Waals surface area (Å²) in [5.74, 6) is 2.41. The van der Waals surface area contributed by atoms with Gasteiger partial charge < -0.3 is 9.47 Å². The molecule has 0 radical (unpaired) electrons. The van der Waals surface area contributed by atoms with Crippen LogP contribution in [0.5, 0.6) is 17.2 Å². The van der Waals surface area contributed by atoms with Gasteiger partial charge in [0.15, 0.2) is 0 Å². The summed E-state index contributed by atoms with van der Waals surface area (Å²) in [5, 5.41) is 6.51. The van der Waals surface area contributed by atoms with Gasteiger partial charge in [-0.1, -0.05) is 30.3 Å². The number of aryl methyl sites for hydroxylation is 1. The van der Waals surface area contributed by atoms with Gasteiger partial charge in [-0.15, -0.1) is 0 Å². The summed E-state index contributed by atoms with van der Waals surface area (Å²) < 4.78 is 11.5. The number of rotatable bonds is 8. The molecule has 0 saturated carbocycles. The Morgan fingerprint density at radius 2 is 1.52 bits per heavy atom. The number of hydrazone groups is 1. The largest absolute Gasteiger partial charge is 0.496 e. The van der Waals surface area contributed by atoms with Crippen LogP contribution in [0.25, 0.3) is 5.70 Å². The van der Waals surface area contributed by atoms with E-state index in [4.69, 9.17) is 9.47 Å². The molecule has 0 amide bonds. The van der Waals surface area contributed by atoms with E-state index in [1.54, 1.807) is 14.2 Å². The Kier molecular flexibility index (Phi) is 8.03. The SMILES string of the molecule is CN=C(/C=C(/c1ccc(C)c(OC)c1)N(C)N=C(C)C)c1ccc(Oc2ccccc2)cc1. The van der Waals surface area contributed by atoms with E-state index in [0.717, 1.165) is 51.1 Å². The molecule has 5 nitrogen and oxygen atoms in total. The number of para-hydroxylation sites is 1. The van der Waals surface area contributed by atoms with Crippen LogP contribution in [-0.2, 0) is 0 Å². The molecule has 0 unspecified atom stereocenters. The quantitative estimate of drug-likeness (QED) is 0.293. The molecule has 0 spiro atoms. The molecule has 0 aliphatic carbocycles. The summed E-state index contributed by atoms with van der Waals surface area (Å²) in [7, 11) is 5.42. The Bertz CT molecular complexity index is 1160. The minimum atomic E-state index is 0.774. The predicted octanol–water partition coefficient (Wildman–Crippen LogP) is 6.58. The Morgan fingerprint density at radius 1 is 0.879 bits per heavy atom. The summed E-state index contributed by atoms with van der Waals surface area (Å²) in [6, 6.07) is 23.8. The molecule has 0 saturated heterocycles. The molecule has 0 N–H and O–H groups in total. The zero-order valence-electron chi connectivity index (χ0n) is 20.2. The highest BCUT2D eigenvalue weighted by molar-refractivity contribution is 6.12. The van der Waals surface area contributed by atoms with Crippen molar-refractivity contribution in [2.45, 2.75) is 20.8 Å². The molecule has 0 bridgehead atoms. The zero-order valence-corrected chi connectivity index (χ0v) is 20.2. The lowest BCUT2D eigenvalue weighted by Crippen LogP contribution is -2.14. The molecule has 5 heteroatoms. The van der Waals surface area contributed by atoms with Gasteiger partial charge in [-0.2, -0.15) is 5.10 Å². The Hall–Kier alpha value is -3.86. The number of hydrogen-bond donors (Lipinski definition) is 0. The average Bonchev–Trinajstić information content (AvgIpc) is 2.81. The molecular weight excluding hydrogens is 410 g/mol. The van der Waals surface area contributed by atoms with Gasteiger partial charge >= 0.3 is 0 Å². The van der Waals surface area contributed by atoms with Crippen molar-refractivity contribution in [1.29, 1.82) is 0 Å². The molecule has 0 heterocycles. The van der Waals surface area contributed by atoms with Crippen molar-refractivity contribution in [1.82, 2.24) is 5.01 Å². The zero-order chi connectivity index (χ0) is 23.8. The van der Waals surface area contributed by atoms with Gasteiger partial charge in [0.1, 0.15) is 17.2 Å². The standard InChI is InChI=1S/C28H31N3O2/c1-20(2)30-31(5)27(23-13-12-21(3)28(18-23)32-6)19-26(29-4)22-14-16-25(17-15-22)33-24-10-8-7-9-11-24/h7-19H,1-6H3/b27-19-,29-26?. The highest BCUT2D eigenvalue weighted by atomic mass is 16.5. The first-order valence-corrected chi connectivity index (χ1v) is 10.8. The van der Waals surface area contributed by atoms with Crippen molar-refractivity contribution in [2.24, 2.45) is 10.1 Å². The van der Waals surface area contributed by atoms with Gasteiger partial charge in [-0.3, -0.25) is 10.0 Å². The number of aliphatic imine (C=N–C) groups is 1.